The molecule has 2 rings (SSSR count). The highest BCUT2D eigenvalue weighted by Gasteiger charge is 2.34. The second-order valence-electron chi connectivity index (χ2n) is 5.41. The summed E-state index contributed by atoms with van der Waals surface area (Å²) in [5, 5.41) is 0.383. The molecule has 1 aliphatic rings. The Labute approximate surface area is 125 Å². The molecule has 1 atom stereocenters. The molecule has 20 heavy (non-hydrogen) atoms. The summed E-state index contributed by atoms with van der Waals surface area (Å²) < 4.78 is 26.9. The van der Waals surface area contributed by atoms with E-state index >= 15 is 0 Å². The van der Waals surface area contributed by atoms with Crippen LogP contribution in [0.25, 0.3) is 0 Å². The van der Waals surface area contributed by atoms with Gasteiger partial charge in [-0.05, 0) is 45.1 Å². The highest BCUT2D eigenvalue weighted by molar-refractivity contribution is 7.89. The lowest BCUT2D eigenvalue weighted by Crippen LogP contribution is -2.34. The van der Waals surface area contributed by atoms with E-state index in [2.05, 4.69) is 4.90 Å². The predicted octanol–water partition coefficient (Wildman–Crippen LogP) is 1.56. The van der Waals surface area contributed by atoms with Crippen LogP contribution in [0.1, 0.15) is 12.0 Å². The summed E-state index contributed by atoms with van der Waals surface area (Å²) >= 11 is 5.92. The van der Waals surface area contributed by atoms with Crippen LogP contribution in [-0.2, 0) is 10.0 Å². The molecule has 0 aromatic heterocycles. The normalized spacial score (nSPS) is 20.8. The summed E-state index contributed by atoms with van der Waals surface area (Å²) in [5.74, 6) is 0. The van der Waals surface area contributed by atoms with Crippen molar-refractivity contribution in [3.63, 3.8) is 0 Å². The van der Waals surface area contributed by atoms with E-state index in [1.165, 1.54) is 10.4 Å². The van der Waals surface area contributed by atoms with Gasteiger partial charge in [0.1, 0.15) is 0 Å². The number of benzene rings is 1. The Hall–Kier alpha value is -0.820. The van der Waals surface area contributed by atoms with Crippen molar-refractivity contribution in [2.45, 2.75) is 24.3 Å². The summed E-state index contributed by atoms with van der Waals surface area (Å²) in [5.41, 5.74) is 6.65. The van der Waals surface area contributed by atoms with Gasteiger partial charge in [0.15, 0.2) is 0 Å². The van der Waals surface area contributed by atoms with Gasteiger partial charge in [-0.15, -0.1) is 0 Å². The van der Waals surface area contributed by atoms with Crippen molar-refractivity contribution in [2.75, 3.05) is 32.9 Å². The molecule has 1 heterocycles. The molecule has 0 saturated carbocycles. The van der Waals surface area contributed by atoms with Crippen LogP contribution in [0.5, 0.6) is 0 Å². The van der Waals surface area contributed by atoms with Gasteiger partial charge in [-0.3, -0.25) is 0 Å². The molecule has 1 aromatic carbocycles. The number of likely N-dealkylation sites (N-methyl/N-ethyl adjacent to an activating group) is 1. The maximum absolute atomic E-state index is 12.7. The summed E-state index contributed by atoms with van der Waals surface area (Å²) in [6.07, 6.45) is 0.842. The van der Waals surface area contributed by atoms with Crippen LogP contribution in [0.4, 0.5) is 5.69 Å². The average molecular weight is 318 g/mol. The maximum atomic E-state index is 12.7. The topological polar surface area (TPSA) is 66.6 Å². The predicted molar refractivity (Wildman–Crippen MR) is 81.5 cm³/mol. The minimum absolute atomic E-state index is 0.249. The highest BCUT2D eigenvalue weighted by atomic mass is 35.5. The number of hydrogen-bond acceptors (Lipinski definition) is 4. The molecule has 0 radical (unpaired) electrons. The zero-order chi connectivity index (χ0) is 15.1. The van der Waals surface area contributed by atoms with Crippen molar-refractivity contribution in [3.8, 4) is 0 Å². The molecule has 0 bridgehead atoms. The van der Waals surface area contributed by atoms with Gasteiger partial charge < -0.3 is 10.6 Å². The van der Waals surface area contributed by atoms with Crippen molar-refractivity contribution in [2.24, 2.45) is 0 Å². The molecular weight excluding hydrogens is 298 g/mol. The van der Waals surface area contributed by atoms with Gasteiger partial charge >= 0.3 is 0 Å². The molecule has 5 nitrogen and oxygen atoms in total. The lowest BCUT2D eigenvalue weighted by molar-refractivity contribution is 0.302. The SMILES string of the molecule is Cc1cc(Cl)c(N)cc1S(=O)(=O)N1CCC(N(C)C)C1. The second-order valence-corrected chi connectivity index (χ2v) is 7.72. The Morgan fingerprint density at radius 3 is 2.60 bits per heavy atom. The van der Waals surface area contributed by atoms with Crippen molar-refractivity contribution < 1.29 is 8.42 Å². The fourth-order valence-corrected chi connectivity index (χ4v) is 4.39. The molecule has 0 spiro atoms. The lowest BCUT2D eigenvalue weighted by Gasteiger charge is -2.21. The number of nitrogens with zero attached hydrogens (tertiary/aromatic N) is 2. The molecule has 112 valence electrons. The molecular formula is C13H20ClN3O2S. The first-order valence-corrected chi connectivity index (χ1v) is 8.27. The number of halogens is 1. The molecule has 0 aliphatic carbocycles. The number of hydrogen-bond donors (Lipinski definition) is 1. The maximum Gasteiger partial charge on any atom is 0.243 e. The molecule has 0 amide bonds. The molecule has 1 fully saturated rings. The average Bonchev–Trinajstić information content (AvgIpc) is 2.83. The third-order valence-corrected chi connectivity index (χ3v) is 6.10. The molecule has 1 saturated heterocycles. The van der Waals surface area contributed by atoms with Crippen molar-refractivity contribution in [1.82, 2.24) is 9.21 Å². The van der Waals surface area contributed by atoms with Crippen LogP contribution in [0.3, 0.4) is 0 Å². The lowest BCUT2D eigenvalue weighted by atomic mass is 10.2. The number of rotatable bonds is 3. The molecule has 1 aromatic rings. The minimum Gasteiger partial charge on any atom is -0.397 e. The molecule has 1 aliphatic heterocycles. The van der Waals surface area contributed by atoms with Gasteiger partial charge in [0.05, 0.1) is 15.6 Å². The van der Waals surface area contributed by atoms with E-state index in [9.17, 15) is 8.42 Å². The molecule has 2 N–H and O–H groups in total. The molecule has 7 heteroatoms. The first kappa shape index (κ1) is 15.6. The van der Waals surface area contributed by atoms with Crippen LogP contribution in [-0.4, -0.2) is 50.8 Å². The second kappa shape index (κ2) is 5.52. The quantitative estimate of drug-likeness (QED) is 0.859. The standard InChI is InChI=1S/C13H20ClN3O2S/c1-9-6-11(14)12(15)7-13(9)20(18,19)17-5-4-10(8-17)16(2)3/h6-7,10H,4-5,8,15H2,1-3H3. The smallest absolute Gasteiger partial charge is 0.243 e. The zero-order valence-corrected chi connectivity index (χ0v) is 13.5. The first-order chi connectivity index (χ1) is 9.23. The van der Waals surface area contributed by atoms with Crippen LogP contribution < -0.4 is 5.73 Å². The van der Waals surface area contributed by atoms with Gasteiger partial charge in [0, 0.05) is 19.1 Å². The third kappa shape index (κ3) is 2.79. The van der Waals surface area contributed by atoms with E-state index < -0.39 is 10.0 Å². The van der Waals surface area contributed by atoms with Gasteiger partial charge in [0.2, 0.25) is 10.0 Å². The van der Waals surface area contributed by atoms with E-state index in [4.69, 9.17) is 17.3 Å². The summed E-state index contributed by atoms with van der Waals surface area (Å²) in [4.78, 5) is 2.30. The van der Waals surface area contributed by atoms with Crippen molar-refractivity contribution in [1.29, 1.82) is 0 Å². The fraction of sp³-hybridized carbons (Fsp3) is 0.538. The Balaban J connectivity index is 2.35. The number of sulfonamides is 1. The highest BCUT2D eigenvalue weighted by Crippen LogP contribution is 2.30. The Bertz CT molecular complexity index is 616. The van der Waals surface area contributed by atoms with Gasteiger partial charge in [-0.25, -0.2) is 8.42 Å². The monoisotopic (exact) mass is 317 g/mol. The van der Waals surface area contributed by atoms with Crippen molar-refractivity contribution >= 4 is 27.3 Å². The van der Waals surface area contributed by atoms with Crippen LogP contribution >= 0.6 is 11.6 Å². The van der Waals surface area contributed by atoms with Gasteiger partial charge in [-0.1, -0.05) is 11.6 Å². The van der Waals surface area contributed by atoms with E-state index in [-0.39, 0.29) is 10.9 Å². The fourth-order valence-electron chi connectivity index (χ4n) is 2.44. The van der Waals surface area contributed by atoms with Crippen LogP contribution in [0.15, 0.2) is 17.0 Å². The van der Waals surface area contributed by atoms with Crippen molar-refractivity contribution in [3.05, 3.63) is 22.7 Å². The summed E-state index contributed by atoms with van der Waals surface area (Å²) in [7, 11) is 0.422. The largest absolute Gasteiger partial charge is 0.397 e. The Morgan fingerprint density at radius 1 is 1.40 bits per heavy atom. The van der Waals surface area contributed by atoms with Crippen LogP contribution in [0, 0.1) is 6.92 Å². The number of nitrogens with two attached hydrogens (primary N) is 1. The van der Waals surface area contributed by atoms with E-state index in [0.29, 0.717) is 29.4 Å². The van der Waals surface area contributed by atoms with Gasteiger partial charge in [-0.2, -0.15) is 4.31 Å². The zero-order valence-electron chi connectivity index (χ0n) is 11.9. The first-order valence-electron chi connectivity index (χ1n) is 6.45. The molecule has 1 unspecified atom stereocenters. The van der Waals surface area contributed by atoms with E-state index in [1.807, 2.05) is 14.1 Å². The van der Waals surface area contributed by atoms with E-state index in [1.54, 1.807) is 13.0 Å². The van der Waals surface area contributed by atoms with E-state index in [0.717, 1.165) is 6.42 Å². The van der Waals surface area contributed by atoms with Crippen LogP contribution in [0.2, 0.25) is 5.02 Å². The third-order valence-electron chi connectivity index (χ3n) is 3.77. The Morgan fingerprint density at radius 2 is 2.05 bits per heavy atom. The summed E-state index contributed by atoms with van der Waals surface area (Å²) in [6.45, 7) is 2.78. The number of anilines is 1. The number of nitrogen functional groups attached to an aromatic ring is 1. The number of aryl methyl sites for hydroxylation is 1. The minimum atomic E-state index is -3.51. The summed E-state index contributed by atoms with van der Waals surface area (Å²) in [6, 6.07) is 3.31. The Kier molecular flexibility index (Phi) is 4.30. The van der Waals surface area contributed by atoms with Gasteiger partial charge in [0.25, 0.3) is 0 Å².